The molecule has 0 unspecified atom stereocenters. The number of hydrogen-bond donors (Lipinski definition) is 1. The van der Waals surface area contributed by atoms with Crippen molar-refractivity contribution >= 4 is 43.5 Å². The number of nitrogens with one attached hydrogen (secondary N) is 1. The first kappa shape index (κ1) is 27.9. The van der Waals surface area contributed by atoms with Gasteiger partial charge in [-0.05, 0) is 68.1 Å². The number of amides is 2. The van der Waals surface area contributed by atoms with Gasteiger partial charge in [-0.3, -0.25) is 13.9 Å². The summed E-state index contributed by atoms with van der Waals surface area (Å²) >= 11 is 3.44. The van der Waals surface area contributed by atoms with Gasteiger partial charge in [-0.15, -0.1) is 0 Å². The van der Waals surface area contributed by atoms with Crippen LogP contribution in [0.15, 0.2) is 46.9 Å². The molecule has 0 aliphatic rings. The van der Waals surface area contributed by atoms with Crippen LogP contribution in [0.4, 0.5) is 5.69 Å². The van der Waals surface area contributed by atoms with Gasteiger partial charge in [0.25, 0.3) is 0 Å². The Labute approximate surface area is 211 Å². The lowest BCUT2D eigenvalue weighted by Gasteiger charge is -2.31. The van der Waals surface area contributed by atoms with Crippen LogP contribution in [0.1, 0.15) is 43.4 Å². The summed E-state index contributed by atoms with van der Waals surface area (Å²) in [6.45, 7) is 7.75. The second kappa shape index (κ2) is 12.4. The van der Waals surface area contributed by atoms with Crippen LogP contribution in [0.3, 0.4) is 0 Å². The highest BCUT2D eigenvalue weighted by Gasteiger charge is 2.30. The summed E-state index contributed by atoms with van der Waals surface area (Å²) in [5, 5.41) is 2.87. The van der Waals surface area contributed by atoms with E-state index in [9.17, 15) is 18.0 Å². The van der Waals surface area contributed by atoms with Crippen LogP contribution >= 0.6 is 15.9 Å². The van der Waals surface area contributed by atoms with Crippen molar-refractivity contribution in [2.75, 3.05) is 23.7 Å². The highest BCUT2D eigenvalue weighted by molar-refractivity contribution is 9.10. The Morgan fingerprint density at radius 2 is 1.74 bits per heavy atom. The smallest absolute Gasteiger partial charge is 0.244 e. The average Bonchev–Trinajstić information content (AvgIpc) is 2.73. The van der Waals surface area contributed by atoms with Gasteiger partial charge in [-0.25, -0.2) is 8.42 Å². The molecule has 0 radical (unpaired) electrons. The predicted octanol–water partition coefficient (Wildman–Crippen LogP) is 4.17. The number of hydrogen-bond acceptors (Lipinski definition) is 4. The molecular formula is C25H34BrN3O4S. The van der Waals surface area contributed by atoms with Crippen molar-refractivity contribution in [3.05, 3.63) is 63.6 Å². The van der Waals surface area contributed by atoms with Crippen molar-refractivity contribution in [1.82, 2.24) is 10.2 Å². The minimum Gasteiger partial charge on any atom is -0.354 e. The standard InChI is InChI=1S/C25H34BrN3O4S/c1-6-7-11-27-25(31)20(4)28(16-21-9-8-10-22(26)15-21)24(30)17-29(34(5,32)33)23-13-18(2)12-19(3)14-23/h8-10,12-15,20H,6-7,11,16-17H2,1-5H3,(H,27,31)/t20-/m0/s1. The lowest BCUT2D eigenvalue weighted by molar-refractivity contribution is -0.139. The number of halogens is 1. The maximum Gasteiger partial charge on any atom is 0.244 e. The molecule has 186 valence electrons. The topological polar surface area (TPSA) is 86.8 Å². The van der Waals surface area contributed by atoms with Gasteiger partial charge < -0.3 is 10.2 Å². The minimum absolute atomic E-state index is 0.172. The maximum absolute atomic E-state index is 13.5. The lowest BCUT2D eigenvalue weighted by Crippen LogP contribution is -2.51. The third-order valence-electron chi connectivity index (χ3n) is 5.41. The normalized spacial score (nSPS) is 12.2. The molecular weight excluding hydrogens is 518 g/mol. The van der Waals surface area contributed by atoms with Gasteiger partial charge in [-0.2, -0.15) is 0 Å². The van der Waals surface area contributed by atoms with Crippen molar-refractivity contribution in [1.29, 1.82) is 0 Å². The summed E-state index contributed by atoms with van der Waals surface area (Å²) in [6, 6.07) is 12.1. The van der Waals surface area contributed by atoms with E-state index in [2.05, 4.69) is 21.2 Å². The molecule has 2 aromatic rings. The molecule has 1 atom stereocenters. The van der Waals surface area contributed by atoms with Crippen LogP contribution in [0.25, 0.3) is 0 Å². The number of carbonyl (C=O) groups is 2. The number of rotatable bonds is 11. The highest BCUT2D eigenvalue weighted by atomic mass is 79.9. The number of carbonyl (C=O) groups excluding carboxylic acids is 2. The van der Waals surface area contributed by atoms with Crippen LogP contribution in [-0.2, 0) is 26.2 Å². The van der Waals surface area contributed by atoms with Crippen molar-refractivity contribution in [2.24, 2.45) is 0 Å². The molecule has 0 fully saturated rings. The van der Waals surface area contributed by atoms with E-state index in [1.54, 1.807) is 19.1 Å². The summed E-state index contributed by atoms with van der Waals surface area (Å²) in [7, 11) is -3.75. The quantitative estimate of drug-likeness (QED) is 0.424. The number of nitrogens with zero attached hydrogens (tertiary/aromatic N) is 2. The third-order valence-corrected chi connectivity index (χ3v) is 7.05. The molecule has 0 aliphatic carbocycles. The van der Waals surface area contributed by atoms with E-state index in [-0.39, 0.29) is 12.5 Å². The van der Waals surface area contributed by atoms with Gasteiger partial charge in [0, 0.05) is 17.6 Å². The zero-order valence-electron chi connectivity index (χ0n) is 20.5. The number of benzene rings is 2. The van der Waals surface area contributed by atoms with Crippen LogP contribution in [0, 0.1) is 13.8 Å². The Bertz CT molecular complexity index is 1100. The Balaban J connectivity index is 2.38. The fraction of sp³-hybridized carbons (Fsp3) is 0.440. The summed E-state index contributed by atoms with van der Waals surface area (Å²) in [6.07, 6.45) is 2.86. The summed E-state index contributed by atoms with van der Waals surface area (Å²) in [4.78, 5) is 27.8. The van der Waals surface area contributed by atoms with E-state index in [1.165, 1.54) is 4.90 Å². The van der Waals surface area contributed by atoms with E-state index >= 15 is 0 Å². The van der Waals surface area contributed by atoms with Gasteiger partial charge in [-0.1, -0.05) is 47.5 Å². The van der Waals surface area contributed by atoms with E-state index in [4.69, 9.17) is 0 Å². The van der Waals surface area contributed by atoms with Crippen LogP contribution in [0.5, 0.6) is 0 Å². The second-order valence-corrected chi connectivity index (χ2v) is 11.4. The monoisotopic (exact) mass is 551 g/mol. The number of anilines is 1. The Hall–Kier alpha value is -2.39. The third kappa shape index (κ3) is 8.13. The van der Waals surface area contributed by atoms with Crippen molar-refractivity contribution < 1.29 is 18.0 Å². The van der Waals surface area contributed by atoms with Crippen molar-refractivity contribution in [3.63, 3.8) is 0 Å². The molecule has 9 heteroatoms. The van der Waals surface area contributed by atoms with Crippen molar-refractivity contribution in [2.45, 2.75) is 53.1 Å². The lowest BCUT2D eigenvalue weighted by atomic mass is 10.1. The molecule has 1 N–H and O–H groups in total. The maximum atomic E-state index is 13.5. The molecule has 0 saturated heterocycles. The first-order chi connectivity index (χ1) is 15.9. The fourth-order valence-electron chi connectivity index (χ4n) is 3.66. The number of unbranched alkanes of at least 4 members (excludes halogenated alkanes) is 1. The van der Waals surface area contributed by atoms with Crippen molar-refractivity contribution in [3.8, 4) is 0 Å². The van der Waals surface area contributed by atoms with E-state index in [0.29, 0.717) is 12.2 Å². The van der Waals surface area contributed by atoms with Crippen LogP contribution in [0.2, 0.25) is 0 Å². The van der Waals surface area contributed by atoms with Gasteiger partial charge >= 0.3 is 0 Å². The second-order valence-electron chi connectivity index (χ2n) is 8.59. The van der Waals surface area contributed by atoms with E-state index in [0.717, 1.165) is 44.6 Å². The molecule has 0 aliphatic heterocycles. The fourth-order valence-corrected chi connectivity index (χ4v) is 4.94. The first-order valence-corrected chi connectivity index (χ1v) is 13.9. The molecule has 2 amide bonds. The Kier molecular flexibility index (Phi) is 10.1. The predicted molar refractivity (Wildman–Crippen MR) is 140 cm³/mol. The van der Waals surface area contributed by atoms with E-state index < -0.39 is 28.5 Å². The SMILES string of the molecule is CCCCNC(=O)[C@H](C)N(Cc1cccc(Br)c1)C(=O)CN(c1cc(C)cc(C)c1)S(C)(=O)=O. The van der Waals surface area contributed by atoms with E-state index in [1.807, 2.05) is 51.1 Å². The average molecular weight is 553 g/mol. The largest absolute Gasteiger partial charge is 0.354 e. The molecule has 2 rings (SSSR count). The molecule has 0 aromatic heterocycles. The zero-order valence-corrected chi connectivity index (χ0v) is 22.9. The summed E-state index contributed by atoms with van der Waals surface area (Å²) in [5.41, 5.74) is 3.04. The Morgan fingerprint density at radius 1 is 1.09 bits per heavy atom. The molecule has 7 nitrogen and oxygen atoms in total. The molecule has 0 saturated carbocycles. The van der Waals surface area contributed by atoms with Gasteiger partial charge in [0.2, 0.25) is 21.8 Å². The van der Waals surface area contributed by atoms with Crippen LogP contribution in [-0.4, -0.2) is 50.5 Å². The van der Waals surface area contributed by atoms with Gasteiger partial charge in [0.1, 0.15) is 12.6 Å². The van der Waals surface area contributed by atoms with Crippen LogP contribution < -0.4 is 9.62 Å². The minimum atomic E-state index is -3.75. The summed E-state index contributed by atoms with van der Waals surface area (Å²) < 4.78 is 27.3. The number of sulfonamides is 1. The zero-order chi connectivity index (χ0) is 25.5. The molecule has 2 aromatic carbocycles. The summed E-state index contributed by atoms with van der Waals surface area (Å²) in [5.74, 6) is -0.725. The Morgan fingerprint density at radius 3 is 2.29 bits per heavy atom. The highest BCUT2D eigenvalue weighted by Crippen LogP contribution is 2.22. The molecule has 0 bridgehead atoms. The number of aryl methyl sites for hydroxylation is 2. The first-order valence-electron chi connectivity index (χ1n) is 11.3. The molecule has 0 heterocycles. The van der Waals surface area contributed by atoms with Gasteiger partial charge in [0.15, 0.2) is 0 Å². The van der Waals surface area contributed by atoms with Gasteiger partial charge in [0.05, 0.1) is 11.9 Å². The molecule has 0 spiro atoms. The molecule has 34 heavy (non-hydrogen) atoms.